The molecule has 0 unspecified atom stereocenters. The molecular formula is C17H17BrN2O. The standard InChI is InChI=1S/C17H17BrN2O/c1-11-6-15(18)9-16(7-11)20-17(21)13-3-2-12-4-5-19-10-14(12)8-13/h2-3,6-9,19H,4-5,10H2,1H3,(H,20,21). The Morgan fingerprint density at radius 1 is 1.19 bits per heavy atom. The van der Waals surface area contributed by atoms with Gasteiger partial charge in [0.25, 0.3) is 5.91 Å². The molecule has 2 aromatic rings. The number of halogens is 1. The van der Waals surface area contributed by atoms with Crippen molar-refractivity contribution in [1.82, 2.24) is 5.32 Å². The fourth-order valence-corrected chi connectivity index (χ4v) is 3.24. The number of rotatable bonds is 2. The van der Waals surface area contributed by atoms with Gasteiger partial charge in [-0.15, -0.1) is 0 Å². The van der Waals surface area contributed by atoms with E-state index < -0.39 is 0 Å². The third kappa shape index (κ3) is 3.34. The molecule has 1 aliphatic rings. The quantitative estimate of drug-likeness (QED) is 0.872. The van der Waals surface area contributed by atoms with Gasteiger partial charge in [0.1, 0.15) is 0 Å². The Kier molecular flexibility index (Phi) is 4.08. The average molecular weight is 345 g/mol. The van der Waals surface area contributed by atoms with Gasteiger partial charge in [-0.1, -0.05) is 22.0 Å². The molecule has 0 spiro atoms. The first kappa shape index (κ1) is 14.3. The van der Waals surface area contributed by atoms with E-state index in [4.69, 9.17) is 0 Å². The van der Waals surface area contributed by atoms with Crippen LogP contribution in [0.5, 0.6) is 0 Å². The van der Waals surface area contributed by atoms with Crippen molar-refractivity contribution in [3.63, 3.8) is 0 Å². The van der Waals surface area contributed by atoms with E-state index in [1.54, 1.807) is 0 Å². The molecule has 3 rings (SSSR count). The lowest BCUT2D eigenvalue weighted by Crippen LogP contribution is -2.24. The number of carbonyl (C=O) groups excluding carboxylic acids is 1. The maximum Gasteiger partial charge on any atom is 0.255 e. The summed E-state index contributed by atoms with van der Waals surface area (Å²) in [5.41, 5.74) is 5.18. The van der Waals surface area contributed by atoms with Crippen molar-refractivity contribution in [2.75, 3.05) is 11.9 Å². The second kappa shape index (κ2) is 6.00. The number of hydrogen-bond donors (Lipinski definition) is 2. The average Bonchev–Trinajstić information content (AvgIpc) is 2.45. The van der Waals surface area contributed by atoms with E-state index in [2.05, 4.69) is 32.6 Å². The molecular weight excluding hydrogens is 328 g/mol. The summed E-state index contributed by atoms with van der Waals surface area (Å²) in [6, 6.07) is 11.8. The van der Waals surface area contributed by atoms with E-state index in [1.807, 2.05) is 37.3 Å². The highest BCUT2D eigenvalue weighted by molar-refractivity contribution is 9.10. The van der Waals surface area contributed by atoms with Crippen LogP contribution in [0, 0.1) is 6.92 Å². The van der Waals surface area contributed by atoms with Gasteiger partial charge in [-0.3, -0.25) is 4.79 Å². The van der Waals surface area contributed by atoms with E-state index in [0.29, 0.717) is 5.56 Å². The predicted molar refractivity (Wildman–Crippen MR) is 88.7 cm³/mol. The maximum atomic E-state index is 12.4. The molecule has 0 radical (unpaired) electrons. The number of fused-ring (bicyclic) bond motifs is 1. The minimum atomic E-state index is -0.0686. The Bertz CT molecular complexity index is 677. The summed E-state index contributed by atoms with van der Waals surface area (Å²) in [5, 5.41) is 6.29. The Hall–Kier alpha value is -1.65. The molecule has 0 bridgehead atoms. The molecule has 0 aliphatic carbocycles. The van der Waals surface area contributed by atoms with Gasteiger partial charge >= 0.3 is 0 Å². The molecule has 1 heterocycles. The SMILES string of the molecule is Cc1cc(Br)cc(NC(=O)c2ccc3c(c2)CNCC3)c1. The first-order valence-electron chi connectivity index (χ1n) is 7.03. The summed E-state index contributed by atoms with van der Waals surface area (Å²) in [6.45, 7) is 3.85. The molecule has 0 saturated heterocycles. The second-order valence-electron chi connectivity index (χ2n) is 5.38. The van der Waals surface area contributed by atoms with Crippen LogP contribution in [-0.2, 0) is 13.0 Å². The topological polar surface area (TPSA) is 41.1 Å². The summed E-state index contributed by atoms with van der Waals surface area (Å²) in [6.07, 6.45) is 1.03. The van der Waals surface area contributed by atoms with Crippen molar-refractivity contribution >= 4 is 27.5 Å². The lowest BCUT2D eigenvalue weighted by Gasteiger charge is -2.17. The van der Waals surface area contributed by atoms with Gasteiger partial charge < -0.3 is 10.6 Å². The highest BCUT2D eigenvalue weighted by Gasteiger charge is 2.12. The molecule has 2 N–H and O–H groups in total. The fraction of sp³-hybridized carbons (Fsp3) is 0.235. The third-order valence-electron chi connectivity index (χ3n) is 3.66. The number of carbonyl (C=O) groups is 1. The van der Waals surface area contributed by atoms with E-state index >= 15 is 0 Å². The molecule has 0 atom stereocenters. The molecule has 3 nitrogen and oxygen atoms in total. The van der Waals surface area contributed by atoms with Crippen LogP contribution >= 0.6 is 15.9 Å². The van der Waals surface area contributed by atoms with Crippen LogP contribution in [-0.4, -0.2) is 12.5 Å². The zero-order valence-corrected chi connectivity index (χ0v) is 13.5. The molecule has 4 heteroatoms. The van der Waals surface area contributed by atoms with E-state index in [1.165, 1.54) is 11.1 Å². The van der Waals surface area contributed by atoms with Crippen molar-refractivity contribution in [2.45, 2.75) is 19.9 Å². The van der Waals surface area contributed by atoms with E-state index in [-0.39, 0.29) is 5.91 Å². The molecule has 0 fully saturated rings. The maximum absolute atomic E-state index is 12.4. The van der Waals surface area contributed by atoms with Crippen LogP contribution < -0.4 is 10.6 Å². The predicted octanol–water partition coefficient (Wildman–Crippen LogP) is 3.66. The number of amides is 1. The Morgan fingerprint density at radius 2 is 2.05 bits per heavy atom. The van der Waals surface area contributed by atoms with Gasteiger partial charge in [-0.05, 0) is 66.9 Å². The number of benzene rings is 2. The van der Waals surface area contributed by atoms with Crippen molar-refractivity contribution in [3.8, 4) is 0 Å². The molecule has 0 aromatic heterocycles. The van der Waals surface area contributed by atoms with Crippen LogP contribution in [0.3, 0.4) is 0 Å². The first-order chi connectivity index (χ1) is 10.1. The summed E-state index contributed by atoms with van der Waals surface area (Å²) < 4.78 is 0.965. The smallest absolute Gasteiger partial charge is 0.255 e. The highest BCUT2D eigenvalue weighted by atomic mass is 79.9. The molecule has 2 aromatic carbocycles. The number of hydrogen-bond acceptors (Lipinski definition) is 2. The minimum absolute atomic E-state index is 0.0686. The summed E-state index contributed by atoms with van der Waals surface area (Å²) in [5.74, 6) is -0.0686. The lowest BCUT2D eigenvalue weighted by molar-refractivity contribution is 0.102. The van der Waals surface area contributed by atoms with Crippen LogP contribution in [0.4, 0.5) is 5.69 Å². The summed E-state index contributed by atoms with van der Waals surface area (Å²) >= 11 is 3.45. The zero-order chi connectivity index (χ0) is 14.8. The fourth-order valence-electron chi connectivity index (χ4n) is 2.63. The zero-order valence-electron chi connectivity index (χ0n) is 11.9. The summed E-state index contributed by atoms with van der Waals surface area (Å²) in [4.78, 5) is 12.4. The molecule has 1 aliphatic heterocycles. The highest BCUT2D eigenvalue weighted by Crippen LogP contribution is 2.21. The number of nitrogens with one attached hydrogen (secondary N) is 2. The van der Waals surface area contributed by atoms with Crippen LogP contribution in [0.2, 0.25) is 0 Å². The largest absolute Gasteiger partial charge is 0.322 e. The summed E-state index contributed by atoms with van der Waals surface area (Å²) in [7, 11) is 0. The van der Waals surface area contributed by atoms with Crippen molar-refractivity contribution in [3.05, 3.63) is 63.1 Å². The Morgan fingerprint density at radius 3 is 2.86 bits per heavy atom. The van der Waals surface area contributed by atoms with Gasteiger partial charge in [0.15, 0.2) is 0 Å². The first-order valence-corrected chi connectivity index (χ1v) is 7.82. The lowest BCUT2D eigenvalue weighted by atomic mass is 9.98. The van der Waals surface area contributed by atoms with Gasteiger partial charge in [0, 0.05) is 22.3 Å². The molecule has 1 amide bonds. The van der Waals surface area contributed by atoms with Gasteiger partial charge in [0.2, 0.25) is 0 Å². The third-order valence-corrected chi connectivity index (χ3v) is 4.11. The Balaban J connectivity index is 1.82. The van der Waals surface area contributed by atoms with Crippen molar-refractivity contribution in [1.29, 1.82) is 0 Å². The monoisotopic (exact) mass is 344 g/mol. The number of anilines is 1. The van der Waals surface area contributed by atoms with Crippen LogP contribution in [0.1, 0.15) is 27.0 Å². The van der Waals surface area contributed by atoms with Gasteiger partial charge in [-0.2, -0.15) is 0 Å². The van der Waals surface area contributed by atoms with E-state index in [9.17, 15) is 4.79 Å². The Labute approximate surface area is 132 Å². The second-order valence-corrected chi connectivity index (χ2v) is 6.30. The van der Waals surface area contributed by atoms with Crippen LogP contribution in [0.15, 0.2) is 40.9 Å². The van der Waals surface area contributed by atoms with Crippen molar-refractivity contribution in [2.24, 2.45) is 0 Å². The molecule has 21 heavy (non-hydrogen) atoms. The van der Waals surface area contributed by atoms with E-state index in [0.717, 1.165) is 35.2 Å². The normalized spacial score (nSPS) is 13.6. The van der Waals surface area contributed by atoms with Gasteiger partial charge in [0.05, 0.1) is 0 Å². The molecule has 108 valence electrons. The van der Waals surface area contributed by atoms with Crippen molar-refractivity contribution < 1.29 is 4.79 Å². The minimum Gasteiger partial charge on any atom is -0.322 e. The molecule has 0 saturated carbocycles. The van der Waals surface area contributed by atoms with Crippen LogP contribution in [0.25, 0.3) is 0 Å². The van der Waals surface area contributed by atoms with Gasteiger partial charge in [-0.25, -0.2) is 0 Å². The number of aryl methyl sites for hydroxylation is 1.